The van der Waals surface area contributed by atoms with E-state index in [-0.39, 0.29) is 325 Å². The van der Waals surface area contributed by atoms with E-state index in [2.05, 4.69) is 0 Å². The molecule has 0 radical (unpaired) electrons. The number of rotatable bonds is 0. The Morgan fingerprint density at radius 2 is 0.444 bits per heavy atom. The summed E-state index contributed by atoms with van der Waals surface area (Å²) >= 11 is 0. The van der Waals surface area contributed by atoms with Crippen LogP contribution in [0.15, 0.2) is 0 Å². The minimum atomic E-state index is -4.64. The zero-order valence-corrected chi connectivity index (χ0v) is 29.5. The van der Waals surface area contributed by atoms with Crippen LogP contribution in [0.3, 0.4) is 0 Å². The second-order valence-corrected chi connectivity index (χ2v) is 3.08. The summed E-state index contributed by atoms with van der Waals surface area (Å²) in [5.74, 6) is 0. The van der Waals surface area contributed by atoms with Gasteiger partial charge in [0.2, 0.25) is 0 Å². The molecule has 0 aliphatic carbocycles. The molecule has 96 valence electrons. The number of hydrogen-bond acceptors (Lipinski definition) is 2. The third kappa shape index (κ3) is 159. The van der Waals surface area contributed by atoms with Crippen LogP contribution in [0.2, 0.25) is 0 Å². The molecule has 18 heteroatoms. The first-order valence-electron chi connectivity index (χ1n) is 1.57. The minimum Gasteiger partial charge on any atom is -1.00 e. The molecule has 0 unspecified atom stereocenters. The SMILES string of the molecule is O=P(O)(O)O.O=P(O)(O)O.[Ca+2].[Ca+2].[Ca+2].[Ca+2].[Ca+2].[Ca+2].[Ca+2].[Ca+2].[H-].[H-].[H-].[H-].[H-].[H-].[H-].[H-].[H-].[H-].[H-].[H-].[H-].[H-].[H-].[H-]. The van der Waals surface area contributed by atoms with Crippen molar-refractivity contribution in [3.05, 3.63) is 0 Å². The van der Waals surface area contributed by atoms with Gasteiger partial charge in [-0.2, -0.15) is 0 Å². The molecular formula is H22Ca8O8P2. The van der Waals surface area contributed by atoms with Gasteiger partial charge in [0.1, 0.15) is 0 Å². The average Bonchev–Trinajstić information content (AvgIpc) is 1.12. The Balaban J connectivity index is -0.000000000920. The van der Waals surface area contributed by atoms with Crippen LogP contribution >= 0.6 is 15.6 Å². The first kappa shape index (κ1) is 63.0. The maximum absolute atomic E-state index is 8.88. The molecule has 0 aliphatic heterocycles. The fraction of sp³-hybridized carbons (Fsp3) is 0. The van der Waals surface area contributed by atoms with Crippen molar-refractivity contribution in [2.45, 2.75) is 0 Å². The molecule has 0 atom stereocenters. The van der Waals surface area contributed by atoms with E-state index in [1.165, 1.54) is 0 Å². The van der Waals surface area contributed by atoms with Crippen molar-refractivity contribution >= 4 is 318 Å². The molecule has 0 spiro atoms. The van der Waals surface area contributed by atoms with E-state index in [0.717, 1.165) is 0 Å². The van der Waals surface area contributed by atoms with E-state index in [4.69, 9.17) is 38.5 Å². The van der Waals surface area contributed by atoms with Crippen LogP contribution in [-0.4, -0.2) is 331 Å². The van der Waals surface area contributed by atoms with E-state index in [1.54, 1.807) is 0 Å². The van der Waals surface area contributed by atoms with Crippen LogP contribution in [0.25, 0.3) is 0 Å². The summed E-state index contributed by atoms with van der Waals surface area (Å²) in [7, 11) is -9.28. The van der Waals surface area contributed by atoms with Crippen LogP contribution < -0.4 is 0 Å². The smallest absolute Gasteiger partial charge is 1.00 e. The van der Waals surface area contributed by atoms with Crippen LogP contribution in [0.4, 0.5) is 0 Å². The van der Waals surface area contributed by atoms with Gasteiger partial charge in [0, 0.05) is 0 Å². The van der Waals surface area contributed by atoms with E-state index in [9.17, 15) is 0 Å². The van der Waals surface area contributed by atoms with Gasteiger partial charge in [0.15, 0.2) is 0 Å². The Labute approximate surface area is 368 Å². The molecule has 0 aromatic rings. The first-order valence-corrected chi connectivity index (χ1v) is 4.70. The second-order valence-electron chi connectivity index (χ2n) is 1.03. The van der Waals surface area contributed by atoms with E-state index in [1.807, 2.05) is 0 Å². The summed E-state index contributed by atoms with van der Waals surface area (Å²) in [5.41, 5.74) is 0. The largest absolute Gasteiger partial charge is 2.00 e. The third-order valence-electron chi connectivity index (χ3n) is 0. The minimum absolute atomic E-state index is 0. The van der Waals surface area contributed by atoms with Gasteiger partial charge >= 0.3 is 318 Å². The average molecular weight is 533 g/mol. The third-order valence-corrected chi connectivity index (χ3v) is 0. The molecule has 0 bridgehead atoms. The quantitative estimate of drug-likeness (QED) is 0.142. The summed E-state index contributed by atoms with van der Waals surface area (Å²) in [4.78, 5) is 43.1. The molecule has 0 heterocycles. The maximum atomic E-state index is 8.88. The van der Waals surface area contributed by atoms with Gasteiger partial charge in [0.25, 0.3) is 0 Å². The molecular weight excluding hydrogens is 511 g/mol. The molecule has 0 amide bonds. The Kier molecular flexibility index (Phi) is 133. The summed E-state index contributed by atoms with van der Waals surface area (Å²) < 4.78 is 17.8. The van der Waals surface area contributed by atoms with Gasteiger partial charge in [-0.3, -0.25) is 0 Å². The van der Waals surface area contributed by atoms with Gasteiger partial charge in [-0.1, -0.05) is 0 Å². The van der Waals surface area contributed by atoms with E-state index >= 15 is 0 Å². The van der Waals surface area contributed by atoms with Crippen LogP contribution in [-0.2, 0) is 9.13 Å². The van der Waals surface area contributed by atoms with Crippen LogP contribution in [0.5, 0.6) is 0 Å². The molecule has 0 rings (SSSR count). The molecule has 18 heavy (non-hydrogen) atoms. The molecule has 0 aromatic heterocycles. The van der Waals surface area contributed by atoms with Crippen molar-refractivity contribution in [2.75, 3.05) is 0 Å². The molecule has 0 saturated carbocycles. The molecule has 0 saturated heterocycles. The predicted octanol–water partition coefficient (Wildman–Crippen LogP) is -3.10. The Morgan fingerprint density at radius 1 is 0.444 bits per heavy atom. The van der Waals surface area contributed by atoms with Crippen molar-refractivity contribution in [2.24, 2.45) is 0 Å². The topological polar surface area (TPSA) is 156 Å². The van der Waals surface area contributed by atoms with Gasteiger partial charge in [0.05, 0.1) is 0 Å². The second kappa shape index (κ2) is 38.0. The first-order chi connectivity index (χ1) is 4.00. The normalized spacial score (nSPS) is 6.56. The van der Waals surface area contributed by atoms with Crippen molar-refractivity contribution < 1.29 is 61.3 Å². The van der Waals surface area contributed by atoms with Gasteiger partial charge in [-0.25, -0.2) is 9.13 Å². The van der Waals surface area contributed by atoms with Crippen LogP contribution in [0, 0.1) is 0 Å². The summed E-state index contributed by atoms with van der Waals surface area (Å²) in [6.45, 7) is 0. The summed E-state index contributed by atoms with van der Waals surface area (Å²) in [6, 6.07) is 0. The standard InChI is InChI=1S/8Ca.2H3O4P.16H/c;;;;;;;;2*1-5(2,3)4;;;;;;;;;;;;;;;;/h;;;;;;;;2*(H3,1,2,3,4);;;;;;;;;;;;;;;;/q8*+2;;;16*-1. The molecule has 8 nitrogen and oxygen atoms in total. The zero-order chi connectivity index (χ0) is 9.00. The van der Waals surface area contributed by atoms with Crippen molar-refractivity contribution in [1.82, 2.24) is 0 Å². The van der Waals surface area contributed by atoms with Gasteiger partial charge < -0.3 is 52.2 Å². The predicted molar refractivity (Wildman–Crippen MR) is 92.3 cm³/mol. The Bertz CT molecular complexity index is 171. The number of hydrogen-bond donors (Lipinski definition) is 6. The fourth-order valence-corrected chi connectivity index (χ4v) is 0. The summed E-state index contributed by atoms with van der Waals surface area (Å²) in [6.07, 6.45) is 0. The van der Waals surface area contributed by atoms with E-state index in [0.29, 0.717) is 0 Å². The molecule has 0 aromatic carbocycles. The van der Waals surface area contributed by atoms with Gasteiger partial charge in [-0.15, -0.1) is 0 Å². The zero-order valence-electron chi connectivity index (χ0n) is 26.1. The Morgan fingerprint density at radius 3 is 0.444 bits per heavy atom. The van der Waals surface area contributed by atoms with Gasteiger partial charge in [-0.05, 0) is 0 Å². The fourth-order valence-electron chi connectivity index (χ4n) is 0. The van der Waals surface area contributed by atoms with Crippen molar-refractivity contribution in [3.8, 4) is 0 Å². The van der Waals surface area contributed by atoms with Crippen molar-refractivity contribution in [1.29, 1.82) is 0 Å². The Hall–Kier alpha value is 10.3. The van der Waals surface area contributed by atoms with Crippen LogP contribution in [0.1, 0.15) is 22.8 Å². The molecule has 0 fully saturated rings. The molecule has 6 N–H and O–H groups in total. The summed E-state index contributed by atoms with van der Waals surface area (Å²) in [5, 5.41) is 0. The van der Waals surface area contributed by atoms with E-state index < -0.39 is 15.6 Å². The van der Waals surface area contributed by atoms with Crippen molar-refractivity contribution in [3.63, 3.8) is 0 Å². The monoisotopic (exact) mass is 532 g/mol. The maximum Gasteiger partial charge on any atom is 2.00 e. The number of phosphoric acid groups is 2. The molecule has 0 aliphatic rings.